The molecule has 0 spiro atoms. The van der Waals surface area contributed by atoms with Crippen molar-refractivity contribution in [2.24, 2.45) is 0 Å². The molecule has 1 aliphatic rings. The number of para-hydroxylation sites is 1. The maximum Gasteiger partial charge on any atom is 0.573 e. The van der Waals surface area contributed by atoms with Gasteiger partial charge in [-0.2, -0.15) is 0 Å². The van der Waals surface area contributed by atoms with Gasteiger partial charge in [0.15, 0.2) is 5.78 Å². The Morgan fingerprint density at radius 2 is 1.78 bits per heavy atom. The van der Waals surface area contributed by atoms with Crippen LogP contribution in [0.3, 0.4) is 0 Å². The van der Waals surface area contributed by atoms with Gasteiger partial charge in [-0.25, -0.2) is 13.2 Å². The number of ether oxygens (including phenoxy) is 3. The molecule has 0 radical (unpaired) electrons. The zero-order valence-corrected chi connectivity index (χ0v) is 24.3. The zero-order chi connectivity index (χ0) is 30.4. The largest absolute Gasteiger partial charge is 0.573 e. The minimum Gasteiger partial charge on any atom is -0.491 e. The van der Waals surface area contributed by atoms with Crippen LogP contribution in [-0.4, -0.2) is 63.1 Å². The Morgan fingerprint density at radius 3 is 2.44 bits per heavy atom. The molecule has 0 aromatic heterocycles. The zero-order valence-electron chi connectivity index (χ0n) is 23.5. The summed E-state index contributed by atoms with van der Waals surface area (Å²) in [6.07, 6.45) is -2.82. The summed E-state index contributed by atoms with van der Waals surface area (Å²) in [5.41, 5.74) is 0.820. The van der Waals surface area contributed by atoms with Gasteiger partial charge >= 0.3 is 12.5 Å². The van der Waals surface area contributed by atoms with Crippen LogP contribution in [0.2, 0.25) is 0 Å². The number of unbranched alkanes of at least 4 members (excludes halogenated alkanes) is 1. The van der Waals surface area contributed by atoms with Gasteiger partial charge in [0, 0.05) is 37.1 Å². The van der Waals surface area contributed by atoms with Crippen LogP contribution < -0.4 is 14.2 Å². The van der Waals surface area contributed by atoms with Gasteiger partial charge in [-0.05, 0) is 63.8 Å². The Bertz CT molecular complexity index is 1360. The molecule has 41 heavy (non-hydrogen) atoms. The van der Waals surface area contributed by atoms with Gasteiger partial charge in [-0.3, -0.25) is 9.52 Å². The molecule has 0 atom stereocenters. The van der Waals surface area contributed by atoms with E-state index >= 15 is 0 Å². The van der Waals surface area contributed by atoms with E-state index in [1.165, 1.54) is 29.2 Å². The Kier molecular flexibility index (Phi) is 10.2. The molecule has 226 valence electrons. The predicted octanol–water partition coefficient (Wildman–Crippen LogP) is 5.72. The van der Waals surface area contributed by atoms with Crippen molar-refractivity contribution in [3.8, 4) is 11.5 Å². The maximum absolute atomic E-state index is 13.0. The molecule has 0 fully saturated rings. The van der Waals surface area contributed by atoms with Crippen LogP contribution >= 0.6 is 0 Å². The number of fused-ring (bicyclic) bond motifs is 1. The van der Waals surface area contributed by atoms with E-state index in [-0.39, 0.29) is 48.7 Å². The van der Waals surface area contributed by atoms with E-state index in [1.807, 2.05) is 0 Å². The molecule has 0 saturated heterocycles. The first-order chi connectivity index (χ1) is 19.0. The van der Waals surface area contributed by atoms with Crippen LogP contribution in [0.25, 0.3) is 0 Å². The number of amides is 1. The molecule has 2 aromatic carbocycles. The lowest BCUT2D eigenvalue weighted by molar-refractivity contribution is -0.274. The van der Waals surface area contributed by atoms with E-state index in [0.717, 1.165) is 11.8 Å². The highest BCUT2D eigenvalue weighted by atomic mass is 32.2. The lowest BCUT2D eigenvalue weighted by Crippen LogP contribution is -2.38. The van der Waals surface area contributed by atoms with Crippen LogP contribution in [-0.2, 0) is 27.6 Å². The third-order valence-electron chi connectivity index (χ3n) is 5.98. The van der Waals surface area contributed by atoms with E-state index in [1.54, 1.807) is 32.9 Å². The van der Waals surface area contributed by atoms with Gasteiger partial charge in [-0.1, -0.05) is 18.2 Å². The number of alkyl halides is 3. The minimum absolute atomic E-state index is 0.0758. The van der Waals surface area contributed by atoms with Crippen molar-refractivity contribution >= 4 is 27.6 Å². The highest BCUT2D eigenvalue weighted by Gasteiger charge is 2.32. The summed E-state index contributed by atoms with van der Waals surface area (Å²) in [4.78, 5) is 27.2. The topological polar surface area (TPSA) is 111 Å². The molecule has 1 heterocycles. The second-order valence-electron chi connectivity index (χ2n) is 10.7. The lowest BCUT2D eigenvalue weighted by Gasteiger charge is -2.27. The average Bonchev–Trinajstić information content (AvgIpc) is 3.30. The first-order valence-electron chi connectivity index (χ1n) is 13.1. The SMILES string of the molecule is CC(C)(C)OC(=O)N(CCCCC(=O)c1cc2c(c(NS(C)(=O)=O)c1)OCC2)CCc1ccccc1OC(F)(F)F. The van der Waals surface area contributed by atoms with Gasteiger partial charge in [0.1, 0.15) is 17.1 Å². The molecule has 0 unspecified atom stereocenters. The molecule has 1 N–H and O–H groups in total. The molecule has 1 aliphatic heterocycles. The third-order valence-corrected chi connectivity index (χ3v) is 6.57. The van der Waals surface area contributed by atoms with Crippen molar-refractivity contribution < 1.29 is 45.4 Å². The number of Topliss-reactive ketones (excluding diaryl/α,β-unsaturated/α-hetero) is 1. The van der Waals surface area contributed by atoms with E-state index in [0.29, 0.717) is 37.2 Å². The second kappa shape index (κ2) is 13.0. The Hall–Kier alpha value is -3.48. The van der Waals surface area contributed by atoms with Crippen LogP contribution in [0.15, 0.2) is 36.4 Å². The molecule has 2 aromatic rings. The fourth-order valence-corrected chi connectivity index (χ4v) is 4.84. The van der Waals surface area contributed by atoms with Gasteiger partial charge in [0.05, 0.1) is 18.6 Å². The number of halogens is 3. The number of hydrogen-bond acceptors (Lipinski definition) is 7. The van der Waals surface area contributed by atoms with E-state index < -0.39 is 28.1 Å². The predicted molar refractivity (Wildman–Crippen MR) is 147 cm³/mol. The van der Waals surface area contributed by atoms with Gasteiger partial charge in [0.2, 0.25) is 10.0 Å². The van der Waals surface area contributed by atoms with Crippen LogP contribution in [0.1, 0.15) is 61.5 Å². The molecule has 0 saturated carbocycles. The summed E-state index contributed by atoms with van der Waals surface area (Å²) in [7, 11) is -3.58. The van der Waals surface area contributed by atoms with Gasteiger partial charge in [-0.15, -0.1) is 13.2 Å². The van der Waals surface area contributed by atoms with Crippen LogP contribution in [0.5, 0.6) is 11.5 Å². The van der Waals surface area contributed by atoms with Crippen LogP contribution in [0.4, 0.5) is 23.7 Å². The van der Waals surface area contributed by atoms with E-state index in [2.05, 4.69) is 9.46 Å². The van der Waals surface area contributed by atoms with E-state index in [4.69, 9.17) is 9.47 Å². The summed E-state index contributed by atoms with van der Waals surface area (Å²) >= 11 is 0. The summed E-state index contributed by atoms with van der Waals surface area (Å²) in [5.74, 6) is -0.111. The molecule has 0 aliphatic carbocycles. The maximum atomic E-state index is 13.0. The fourth-order valence-electron chi connectivity index (χ4n) is 4.29. The molecule has 1 amide bonds. The van der Waals surface area contributed by atoms with Crippen molar-refractivity contribution in [1.82, 2.24) is 4.90 Å². The molecule has 0 bridgehead atoms. The normalized spacial score (nSPS) is 13.2. The molecular weight excluding hydrogens is 565 g/mol. The summed E-state index contributed by atoms with van der Waals surface area (Å²) in [6, 6.07) is 8.90. The first kappa shape index (κ1) is 32.0. The minimum atomic E-state index is -4.85. The highest BCUT2D eigenvalue weighted by molar-refractivity contribution is 7.92. The summed E-state index contributed by atoms with van der Waals surface area (Å²) in [6.45, 7) is 5.81. The number of rotatable bonds is 12. The number of hydrogen-bond donors (Lipinski definition) is 1. The number of benzene rings is 2. The smallest absolute Gasteiger partial charge is 0.491 e. The van der Waals surface area contributed by atoms with Gasteiger partial charge in [0.25, 0.3) is 0 Å². The van der Waals surface area contributed by atoms with Crippen molar-refractivity contribution in [2.45, 2.75) is 64.8 Å². The number of nitrogens with one attached hydrogen (secondary N) is 1. The number of ketones is 1. The average molecular weight is 601 g/mol. The monoisotopic (exact) mass is 600 g/mol. The number of sulfonamides is 1. The van der Waals surface area contributed by atoms with E-state index in [9.17, 15) is 31.2 Å². The first-order valence-corrected chi connectivity index (χ1v) is 15.0. The summed E-state index contributed by atoms with van der Waals surface area (Å²) in [5, 5.41) is 0. The standard InChI is InChI=1S/C28H35F3N2O7S/c1-27(2,3)40-26(35)33(15-12-19-9-5-6-11-24(19)39-28(29,30)31)14-8-7-10-23(34)21-17-20-13-16-38-25(20)22(18-21)32-41(4,36)37/h5-6,9,11,17-18,32H,7-8,10,12-16H2,1-4H3. The molecule has 3 rings (SSSR count). The second-order valence-corrected chi connectivity index (χ2v) is 12.5. The Balaban J connectivity index is 1.64. The Morgan fingerprint density at radius 1 is 1.07 bits per heavy atom. The highest BCUT2D eigenvalue weighted by Crippen LogP contribution is 2.36. The molecule has 9 nitrogen and oxygen atoms in total. The Labute approximate surface area is 238 Å². The summed E-state index contributed by atoms with van der Waals surface area (Å²) < 4.78 is 79.5. The number of carbonyl (C=O) groups excluding carboxylic acids is 2. The van der Waals surface area contributed by atoms with Crippen molar-refractivity contribution in [1.29, 1.82) is 0 Å². The number of carbonyl (C=O) groups is 2. The van der Waals surface area contributed by atoms with Crippen LogP contribution in [0, 0.1) is 0 Å². The van der Waals surface area contributed by atoms with Crippen molar-refractivity contribution in [2.75, 3.05) is 30.7 Å². The van der Waals surface area contributed by atoms with Gasteiger partial charge < -0.3 is 19.1 Å². The quantitative estimate of drug-likeness (QED) is 0.245. The number of nitrogens with zero attached hydrogens (tertiary/aromatic N) is 1. The number of anilines is 1. The molecule has 13 heteroatoms. The lowest BCUT2D eigenvalue weighted by atomic mass is 10.0. The van der Waals surface area contributed by atoms with Crippen molar-refractivity contribution in [3.05, 3.63) is 53.1 Å². The molecular formula is C28H35F3N2O7S. The van der Waals surface area contributed by atoms with Crippen molar-refractivity contribution in [3.63, 3.8) is 0 Å². The third kappa shape index (κ3) is 10.5. The fraction of sp³-hybridized carbons (Fsp3) is 0.500.